The first-order valence-electron chi connectivity index (χ1n) is 8.93. The van der Waals surface area contributed by atoms with Gasteiger partial charge < -0.3 is 10.2 Å². The van der Waals surface area contributed by atoms with Gasteiger partial charge in [-0.1, -0.05) is 39.8 Å². The molecular weight excluding hydrogens is 450 g/mol. The summed E-state index contributed by atoms with van der Waals surface area (Å²) in [5, 5.41) is 3.26. The van der Waals surface area contributed by atoms with Crippen molar-refractivity contribution in [3.05, 3.63) is 88.0 Å². The van der Waals surface area contributed by atoms with Crippen molar-refractivity contribution < 1.29 is 9.59 Å². The maximum absolute atomic E-state index is 13.0. The van der Waals surface area contributed by atoms with Crippen LogP contribution in [-0.4, -0.2) is 35.8 Å². The summed E-state index contributed by atoms with van der Waals surface area (Å²) in [4.78, 5) is 31.8. The Labute approximate surface area is 182 Å². The van der Waals surface area contributed by atoms with Crippen LogP contribution in [0.4, 0.5) is 0 Å². The Bertz CT molecular complexity index is 1010. The zero-order valence-corrected chi connectivity index (χ0v) is 18.5. The number of halogens is 1. The van der Waals surface area contributed by atoms with E-state index in [-0.39, 0.29) is 11.8 Å². The third kappa shape index (κ3) is 5.46. The van der Waals surface area contributed by atoms with Crippen molar-refractivity contribution in [2.75, 3.05) is 14.1 Å². The predicted molar refractivity (Wildman–Crippen MR) is 118 cm³/mol. The molecule has 29 heavy (non-hydrogen) atoms. The van der Waals surface area contributed by atoms with Gasteiger partial charge in [-0.3, -0.25) is 9.59 Å². The molecule has 0 spiro atoms. The van der Waals surface area contributed by atoms with E-state index >= 15 is 0 Å². The average molecular weight is 470 g/mol. The molecule has 3 rings (SSSR count). The summed E-state index contributed by atoms with van der Waals surface area (Å²) in [5.41, 5.74) is 2.09. The minimum absolute atomic E-state index is 0.104. The Morgan fingerprint density at radius 1 is 1.07 bits per heavy atom. The number of nitrogens with one attached hydrogen (secondary N) is 1. The number of rotatable bonds is 6. The number of hydrogen-bond acceptors (Lipinski definition) is 4. The lowest BCUT2D eigenvalue weighted by Crippen LogP contribution is -2.27. The van der Waals surface area contributed by atoms with Crippen LogP contribution in [0.25, 0.3) is 0 Å². The number of aromatic nitrogens is 1. The molecule has 0 atom stereocenters. The molecule has 2 aromatic carbocycles. The molecule has 1 heterocycles. The Kier molecular flexibility index (Phi) is 7.06. The van der Waals surface area contributed by atoms with Gasteiger partial charge >= 0.3 is 0 Å². The third-order valence-corrected chi connectivity index (χ3v) is 5.79. The van der Waals surface area contributed by atoms with E-state index in [0.717, 1.165) is 14.9 Å². The van der Waals surface area contributed by atoms with Crippen molar-refractivity contribution in [1.82, 2.24) is 15.2 Å². The van der Waals surface area contributed by atoms with Gasteiger partial charge in [0.25, 0.3) is 11.8 Å². The number of carbonyl (C=O) groups is 2. The lowest BCUT2D eigenvalue weighted by atomic mass is 10.1. The van der Waals surface area contributed by atoms with E-state index in [1.54, 1.807) is 49.5 Å². The van der Waals surface area contributed by atoms with Gasteiger partial charge in [-0.2, -0.15) is 0 Å². The lowest BCUT2D eigenvalue weighted by Gasteiger charge is -2.19. The first kappa shape index (κ1) is 21.1. The number of hydrogen-bond donors (Lipinski definition) is 1. The summed E-state index contributed by atoms with van der Waals surface area (Å²) in [6.07, 6.45) is 1.69. The molecule has 0 aliphatic rings. The summed E-state index contributed by atoms with van der Waals surface area (Å²) in [7, 11) is 3.36. The summed E-state index contributed by atoms with van der Waals surface area (Å²) in [6, 6.07) is 18.7. The van der Waals surface area contributed by atoms with Gasteiger partial charge in [0.1, 0.15) is 5.03 Å². The van der Waals surface area contributed by atoms with Crippen molar-refractivity contribution in [2.24, 2.45) is 0 Å². The van der Waals surface area contributed by atoms with Crippen molar-refractivity contribution in [3.8, 4) is 0 Å². The summed E-state index contributed by atoms with van der Waals surface area (Å²) < 4.78 is 1.00. The van der Waals surface area contributed by atoms with Crippen LogP contribution >= 0.6 is 27.7 Å². The molecular formula is C22H20BrN3O2S. The Morgan fingerprint density at radius 3 is 2.41 bits per heavy atom. The SMILES string of the molecule is CNC(=O)c1ccc(CN(C)C(=O)c2cccnc2Sc2ccc(Br)cc2)cc1. The number of carbonyl (C=O) groups excluding carboxylic acids is 2. The Morgan fingerprint density at radius 2 is 1.76 bits per heavy atom. The number of pyridine rings is 1. The molecule has 5 nitrogen and oxygen atoms in total. The fraction of sp³-hybridized carbons (Fsp3) is 0.136. The molecule has 148 valence electrons. The fourth-order valence-corrected chi connectivity index (χ4v) is 3.84. The van der Waals surface area contributed by atoms with Crippen molar-refractivity contribution in [3.63, 3.8) is 0 Å². The minimum Gasteiger partial charge on any atom is -0.355 e. The predicted octanol–water partition coefficient (Wildman–Crippen LogP) is 4.63. The van der Waals surface area contributed by atoms with Crippen LogP contribution in [0.5, 0.6) is 0 Å². The van der Waals surface area contributed by atoms with E-state index in [9.17, 15) is 9.59 Å². The highest BCUT2D eigenvalue weighted by Crippen LogP contribution is 2.30. The molecule has 3 aromatic rings. The standard InChI is InChI=1S/C22H20BrN3O2S/c1-24-20(27)16-7-5-15(6-8-16)14-26(2)22(28)19-4-3-13-25-21(19)29-18-11-9-17(23)10-12-18/h3-13H,14H2,1-2H3,(H,24,27). The summed E-state index contributed by atoms with van der Waals surface area (Å²) in [6.45, 7) is 0.435. The highest BCUT2D eigenvalue weighted by atomic mass is 79.9. The Balaban J connectivity index is 1.74. The lowest BCUT2D eigenvalue weighted by molar-refractivity contribution is 0.0780. The van der Waals surface area contributed by atoms with Crippen LogP contribution < -0.4 is 5.32 Å². The molecule has 1 N–H and O–H groups in total. The van der Waals surface area contributed by atoms with Gasteiger partial charge in [0.05, 0.1) is 5.56 Å². The van der Waals surface area contributed by atoms with Gasteiger partial charge in [0.15, 0.2) is 0 Å². The number of amides is 2. The van der Waals surface area contributed by atoms with Gasteiger partial charge in [0, 0.05) is 41.8 Å². The average Bonchev–Trinajstić information content (AvgIpc) is 2.75. The van der Waals surface area contributed by atoms with E-state index in [1.807, 2.05) is 36.4 Å². The summed E-state index contributed by atoms with van der Waals surface area (Å²) >= 11 is 4.89. The quantitative estimate of drug-likeness (QED) is 0.571. The molecule has 2 amide bonds. The second kappa shape index (κ2) is 9.71. The monoisotopic (exact) mass is 469 g/mol. The van der Waals surface area contributed by atoms with Crippen LogP contribution in [0.3, 0.4) is 0 Å². The fourth-order valence-electron chi connectivity index (χ4n) is 2.71. The maximum Gasteiger partial charge on any atom is 0.256 e. The van der Waals surface area contributed by atoms with E-state index < -0.39 is 0 Å². The normalized spacial score (nSPS) is 10.4. The molecule has 0 saturated heterocycles. The van der Waals surface area contributed by atoms with Crippen molar-refractivity contribution in [1.29, 1.82) is 0 Å². The smallest absolute Gasteiger partial charge is 0.256 e. The maximum atomic E-state index is 13.0. The van der Waals surface area contributed by atoms with Crippen LogP contribution in [0, 0.1) is 0 Å². The van der Waals surface area contributed by atoms with Gasteiger partial charge in [-0.05, 0) is 54.1 Å². The highest BCUT2D eigenvalue weighted by Gasteiger charge is 2.18. The molecule has 0 aliphatic carbocycles. The van der Waals surface area contributed by atoms with Crippen LogP contribution in [0.1, 0.15) is 26.3 Å². The van der Waals surface area contributed by atoms with Gasteiger partial charge in [0.2, 0.25) is 0 Å². The molecule has 0 aliphatic heterocycles. The zero-order valence-electron chi connectivity index (χ0n) is 16.1. The second-order valence-electron chi connectivity index (χ2n) is 6.35. The highest BCUT2D eigenvalue weighted by molar-refractivity contribution is 9.10. The number of benzene rings is 2. The zero-order chi connectivity index (χ0) is 20.8. The van der Waals surface area contributed by atoms with Gasteiger partial charge in [-0.15, -0.1) is 0 Å². The van der Waals surface area contributed by atoms with Crippen LogP contribution in [-0.2, 0) is 6.54 Å². The second-order valence-corrected chi connectivity index (χ2v) is 8.33. The van der Waals surface area contributed by atoms with E-state index in [1.165, 1.54) is 11.8 Å². The van der Waals surface area contributed by atoms with Gasteiger partial charge in [-0.25, -0.2) is 4.98 Å². The first-order valence-corrected chi connectivity index (χ1v) is 10.5. The van der Waals surface area contributed by atoms with Crippen molar-refractivity contribution >= 4 is 39.5 Å². The molecule has 1 aromatic heterocycles. The third-order valence-electron chi connectivity index (χ3n) is 4.24. The number of nitrogens with zero attached hydrogens (tertiary/aromatic N) is 2. The van der Waals surface area contributed by atoms with E-state index in [4.69, 9.17) is 0 Å². The van der Waals surface area contributed by atoms with E-state index in [2.05, 4.69) is 26.2 Å². The molecule has 0 radical (unpaired) electrons. The van der Waals surface area contributed by atoms with Crippen molar-refractivity contribution in [2.45, 2.75) is 16.5 Å². The molecule has 0 unspecified atom stereocenters. The molecule has 0 fully saturated rings. The topological polar surface area (TPSA) is 62.3 Å². The largest absolute Gasteiger partial charge is 0.355 e. The minimum atomic E-state index is -0.133. The molecule has 0 saturated carbocycles. The molecule has 7 heteroatoms. The molecule has 0 bridgehead atoms. The van der Waals surface area contributed by atoms with Crippen LogP contribution in [0.2, 0.25) is 0 Å². The van der Waals surface area contributed by atoms with Crippen LogP contribution in [0.15, 0.2) is 81.3 Å². The van der Waals surface area contributed by atoms with E-state index in [0.29, 0.717) is 22.7 Å². The Hall–Kier alpha value is -2.64. The summed E-state index contributed by atoms with van der Waals surface area (Å²) in [5.74, 6) is -0.237. The first-order chi connectivity index (χ1) is 14.0.